The fourth-order valence-electron chi connectivity index (χ4n) is 3.45. The van der Waals surface area contributed by atoms with Gasteiger partial charge in [0.2, 0.25) is 16.1 Å². The molecule has 0 saturated carbocycles. The molecule has 1 atom stereocenters. The standard InChI is InChI=1S/C26H28N2O6S/c1-5-27-35(31,32)20-13-12-18(3)21(16-20)26(30)34-24(19-9-7-6-8-10-19)25(29)28-22-15-17(2)11-14-23(22)33-4/h6-16,24,27H,5H2,1-4H3,(H,28,29). The highest BCUT2D eigenvalue weighted by Gasteiger charge is 2.28. The number of ether oxygens (including phenoxy) is 2. The summed E-state index contributed by atoms with van der Waals surface area (Å²) >= 11 is 0. The van der Waals surface area contributed by atoms with Gasteiger partial charge in [-0.25, -0.2) is 17.9 Å². The summed E-state index contributed by atoms with van der Waals surface area (Å²) in [5.74, 6) is -0.946. The molecule has 0 aromatic heterocycles. The third kappa shape index (κ3) is 6.26. The van der Waals surface area contributed by atoms with Crippen LogP contribution in [0.2, 0.25) is 0 Å². The zero-order valence-corrected chi connectivity index (χ0v) is 20.8. The Morgan fingerprint density at radius 1 is 0.971 bits per heavy atom. The Morgan fingerprint density at radius 2 is 1.69 bits per heavy atom. The van der Waals surface area contributed by atoms with E-state index in [1.165, 1.54) is 25.3 Å². The van der Waals surface area contributed by atoms with Crippen LogP contribution in [0, 0.1) is 13.8 Å². The Morgan fingerprint density at radius 3 is 2.34 bits per heavy atom. The van der Waals surface area contributed by atoms with E-state index in [1.54, 1.807) is 56.3 Å². The van der Waals surface area contributed by atoms with Gasteiger partial charge in [0, 0.05) is 12.1 Å². The highest BCUT2D eigenvalue weighted by atomic mass is 32.2. The minimum absolute atomic E-state index is 0.0471. The maximum Gasteiger partial charge on any atom is 0.339 e. The van der Waals surface area contributed by atoms with Crippen LogP contribution in [0.3, 0.4) is 0 Å². The highest BCUT2D eigenvalue weighted by molar-refractivity contribution is 7.89. The maximum absolute atomic E-state index is 13.3. The van der Waals surface area contributed by atoms with Crippen molar-refractivity contribution in [2.45, 2.75) is 31.8 Å². The average Bonchev–Trinajstić information content (AvgIpc) is 2.83. The third-order valence-corrected chi connectivity index (χ3v) is 6.80. The van der Waals surface area contributed by atoms with E-state index in [-0.39, 0.29) is 17.0 Å². The van der Waals surface area contributed by atoms with Gasteiger partial charge in [0.05, 0.1) is 23.3 Å². The molecule has 0 aliphatic carbocycles. The zero-order valence-electron chi connectivity index (χ0n) is 20.0. The summed E-state index contributed by atoms with van der Waals surface area (Å²) < 4.78 is 38.2. The molecular formula is C26H28N2O6S. The first-order chi connectivity index (χ1) is 16.7. The number of hydrogen-bond acceptors (Lipinski definition) is 6. The monoisotopic (exact) mass is 496 g/mol. The summed E-state index contributed by atoms with van der Waals surface area (Å²) in [6.07, 6.45) is -1.29. The molecule has 0 aliphatic heterocycles. The fourth-order valence-corrected chi connectivity index (χ4v) is 4.52. The predicted molar refractivity (Wildman–Crippen MR) is 133 cm³/mol. The number of sulfonamides is 1. The molecule has 2 N–H and O–H groups in total. The van der Waals surface area contributed by atoms with E-state index in [9.17, 15) is 18.0 Å². The van der Waals surface area contributed by atoms with Crippen LogP contribution >= 0.6 is 0 Å². The normalized spacial score (nSPS) is 12.0. The van der Waals surface area contributed by atoms with Gasteiger partial charge in [-0.1, -0.05) is 49.4 Å². The molecule has 0 spiro atoms. The number of hydrogen-bond donors (Lipinski definition) is 2. The second-order valence-electron chi connectivity index (χ2n) is 7.87. The molecule has 9 heteroatoms. The fraction of sp³-hybridized carbons (Fsp3) is 0.231. The average molecular weight is 497 g/mol. The Bertz CT molecular complexity index is 1320. The third-order valence-electron chi connectivity index (χ3n) is 5.25. The maximum atomic E-state index is 13.3. The molecule has 35 heavy (non-hydrogen) atoms. The second-order valence-corrected chi connectivity index (χ2v) is 9.63. The van der Waals surface area contributed by atoms with Crippen molar-refractivity contribution in [2.75, 3.05) is 19.0 Å². The molecule has 8 nitrogen and oxygen atoms in total. The Kier molecular flexibility index (Phi) is 8.26. The molecule has 1 amide bonds. The highest BCUT2D eigenvalue weighted by Crippen LogP contribution is 2.28. The molecule has 0 heterocycles. The first-order valence-electron chi connectivity index (χ1n) is 11.0. The number of benzene rings is 3. The summed E-state index contributed by atoms with van der Waals surface area (Å²) in [4.78, 5) is 26.4. The molecule has 1 unspecified atom stereocenters. The number of aryl methyl sites for hydroxylation is 2. The van der Waals surface area contributed by atoms with Crippen molar-refractivity contribution in [3.8, 4) is 5.75 Å². The van der Waals surface area contributed by atoms with Crippen molar-refractivity contribution in [2.24, 2.45) is 0 Å². The number of carbonyl (C=O) groups excluding carboxylic acids is 2. The molecule has 3 aromatic rings. The van der Waals surface area contributed by atoms with E-state index in [2.05, 4.69) is 10.0 Å². The molecule has 0 radical (unpaired) electrons. The van der Waals surface area contributed by atoms with E-state index in [4.69, 9.17) is 9.47 Å². The van der Waals surface area contributed by atoms with Crippen LogP contribution in [0.1, 0.15) is 40.1 Å². The van der Waals surface area contributed by atoms with Gasteiger partial charge in [0.25, 0.3) is 5.91 Å². The number of methoxy groups -OCH3 is 1. The Labute approximate surface area is 205 Å². The Hall–Kier alpha value is -3.69. The van der Waals surface area contributed by atoms with Crippen LogP contribution in [0.15, 0.2) is 71.6 Å². The summed E-state index contributed by atoms with van der Waals surface area (Å²) in [5, 5.41) is 2.78. The van der Waals surface area contributed by atoms with Gasteiger partial charge in [-0.3, -0.25) is 4.79 Å². The van der Waals surface area contributed by atoms with Crippen molar-refractivity contribution >= 4 is 27.6 Å². The SMILES string of the molecule is CCNS(=O)(=O)c1ccc(C)c(C(=O)OC(C(=O)Nc2cc(C)ccc2OC)c2ccccc2)c1. The quantitative estimate of drug-likeness (QED) is 0.431. The van der Waals surface area contributed by atoms with Gasteiger partial charge in [0.15, 0.2) is 0 Å². The summed E-state index contributed by atoms with van der Waals surface area (Å²) in [7, 11) is -2.29. The van der Waals surface area contributed by atoms with Crippen LogP contribution in [-0.4, -0.2) is 33.9 Å². The van der Waals surface area contributed by atoms with Crippen LogP contribution in [0.5, 0.6) is 5.75 Å². The van der Waals surface area contributed by atoms with E-state index in [1.807, 2.05) is 13.0 Å². The van der Waals surface area contributed by atoms with Crippen LogP contribution in [0.4, 0.5) is 5.69 Å². The van der Waals surface area contributed by atoms with Gasteiger partial charge in [-0.15, -0.1) is 0 Å². The number of amides is 1. The smallest absolute Gasteiger partial charge is 0.339 e. The van der Waals surface area contributed by atoms with Crippen LogP contribution < -0.4 is 14.8 Å². The number of anilines is 1. The van der Waals surface area contributed by atoms with Crippen LogP contribution in [0.25, 0.3) is 0 Å². The minimum atomic E-state index is -3.78. The van der Waals surface area contributed by atoms with Crippen molar-refractivity contribution in [1.29, 1.82) is 0 Å². The van der Waals surface area contributed by atoms with E-state index in [0.29, 0.717) is 22.6 Å². The van der Waals surface area contributed by atoms with Crippen molar-refractivity contribution < 1.29 is 27.5 Å². The van der Waals surface area contributed by atoms with Gasteiger partial charge in [-0.05, 0) is 49.2 Å². The number of esters is 1. The zero-order chi connectivity index (χ0) is 25.6. The minimum Gasteiger partial charge on any atom is -0.495 e. The summed E-state index contributed by atoms with van der Waals surface area (Å²) in [6.45, 7) is 5.40. The number of nitrogens with one attached hydrogen (secondary N) is 2. The van der Waals surface area contributed by atoms with E-state index < -0.39 is 28.0 Å². The molecule has 3 rings (SSSR count). The molecule has 3 aromatic carbocycles. The van der Waals surface area contributed by atoms with E-state index >= 15 is 0 Å². The molecule has 184 valence electrons. The molecular weight excluding hydrogens is 468 g/mol. The lowest BCUT2D eigenvalue weighted by Crippen LogP contribution is -2.27. The first-order valence-corrected chi connectivity index (χ1v) is 12.5. The lowest BCUT2D eigenvalue weighted by atomic mass is 10.1. The van der Waals surface area contributed by atoms with Gasteiger partial charge < -0.3 is 14.8 Å². The molecule has 0 aliphatic rings. The lowest BCUT2D eigenvalue weighted by Gasteiger charge is -2.20. The van der Waals surface area contributed by atoms with Crippen LogP contribution in [-0.2, 0) is 19.6 Å². The number of rotatable bonds is 9. The largest absolute Gasteiger partial charge is 0.495 e. The first kappa shape index (κ1) is 25.9. The van der Waals surface area contributed by atoms with Gasteiger partial charge in [0.1, 0.15) is 5.75 Å². The lowest BCUT2D eigenvalue weighted by molar-refractivity contribution is -0.125. The number of carbonyl (C=O) groups is 2. The van der Waals surface area contributed by atoms with E-state index in [0.717, 1.165) is 5.56 Å². The van der Waals surface area contributed by atoms with Crippen molar-refractivity contribution in [3.63, 3.8) is 0 Å². The Balaban J connectivity index is 1.95. The molecule has 0 fully saturated rings. The molecule has 0 bridgehead atoms. The topological polar surface area (TPSA) is 111 Å². The summed E-state index contributed by atoms with van der Waals surface area (Å²) in [6, 6.07) is 18.1. The van der Waals surface area contributed by atoms with Gasteiger partial charge in [-0.2, -0.15) is 0 Å². The summed E-state index contributed by atoms with van der Waals surface area (Å²) in [5.41, 5.74) is 2.36. The second kappa shape index (κ2) is 11.2. The predicted octanol–water partition coefficient (Wildman–Crippen LogP) is 4.15. The van der Waals surface area contributed by atoms with Crippen molar-refractivity contribution in [1.82, 2.24) is 4.72 Å². The van der Waals surface area contributed by atoms with Crippen molar-refractivity contribution in [3.05, 3.63) is 89.0 Å². The van der Waals surface area contributed by atoms with Gasteiger partial charge >= 0.3 is 5.97 Å². The molecule has 0 saturated heterocycles.